The van der Waals surface area contributed by atoms with E-state index in [1.54, 1.807) is 24.3 Å². The Hall–Kier alpha value is -2.85. The molecule has 0 aliphatic carbocycles. The summed E-state index contributed by atoms with van der Waals surface area (Å²) in [5, 5.41) is 1.85. The molecule has 0 spiro atoms. The number of hydrogen-bond donors (Lipinski definition) is 1. The molecule has 0 bridgehead atoms. The number of nitrogens with zero attached hydrogens (tertiary/aromatic N) is 1. The molecule has 0 aliphatic rings. The first-order valence-corrected chi connectivity index (χ1v) is 10.2. The van der Waals surface area contributed by atoms with Gasteiger partial charge >= 0.3 is 0 Å². The fraction of sp³-hybridized carbons (Fsp3) is 0.208. The number of hydrogen-bond acceptors (Lipinski definition) is 1. The van der Waals surface area contributed by atoms with Crippen molar-refractivity contribution in [2.24, 2.45) is 5.73 Å². The average molecular weight is 409 g/mol. The maximum Gasteiger partial charge on any atom is 0.249 e. The van der Waals surface area contributed by atoms with Crippen LogP contribution in [0, 0.1) is 5.82 Å². The lowest BCUT2D eigenvalue weighted by molar-refractivity contribution is 0.100. The van der Waals surface area contributed by atoms with Gasteiger partial charge in [-0.1, -0.05) is 55.3 Å². The molecule has 29 heavy (non-hydrogen) atoms. The van der Waals surface area contributed by atoms with E-state index in [0.717, 1.165) is 41.1 Å². The largest absolute Gasteiger partial charge is 0.366 e. The predicted molar refractivity (Wildman–Crippen MR) is 117 cm³/mol. The van der Waals surface area contributed by atoms with Crippen LogP contribution in [0.4, 0.5) is 4.39 Å². The molecule has 1 heterocycles. The molecule has 5 heteroatoms. The molecule has 1 aromatic heterocycles. The number of carbonyl (C=O) groups excluding carboxylic acids is 1. The Morgan fingerprint density at radius 1 is 1.10 bits per heavy atom. The van der Waals surface area contributed by atoms with Crippen molar-refractivity contribution in [1.29, 1.82) is 0 Å². The highest BCUT2D eigenvalue weighted by molar-refractivity contribution is 6.30. The van der Waals surface area contributed by atoms with Crippen molar-refractivity contribution in [1.82, 2.24) is 4.57 Å². The molecule has 0 atom stereocenters. The first-order chi connectivity index (χ1) is 14.0. The van der Waals surface area contributed by atoms with Crippen LogP contribution in [0.15, 0.2) is 54.6 Å². The number of aromatic nitrogens is 1. The summed E-state index contributed by atoms with van der Waals surface area (Å²) in [6, 6.07) is 16.8. The summed E-state index contributed by atoms with van der Waals surface area (Å²) in [6.45, 7) is 2.47. The van der Waals surface area contributed by atoms with Crippen LogP contribution >= 0.6 is 11.6 Å². The zero-order chi connectivity index (χ0) is 20.5. The number of halogens is 2. The molecular formula is C24H22ClFN2O. The first kappa shape index (κ1) is 19.5. The van der Waals surface area contributed by atoms with Gasteiger partial charge in [-0.2, -0.15) is 0 Å². The van der Waals surface area contributed by atoms with Gasteiger partial charge in [-0.15, -0.1) is 0 Å². The van der Waals surface area contributed by atoms with Crippen molar-refractivity contribution in [3.05, 3.63) is 82.1 Å². The highest BCUT2D eigenvalue weighted by Gasteiger charge is 2.18. The molecule has 4 aromatic rings. The number of benzene rings is 3. The molecule has 0 saturated carbocycles. The summed E-state index contributed by atoms with van der Waals surface area (Å²) >= 11 is 5.99. The van der Waals surface area contributed by atoms with E-state index in [0.29, 0.717) is 17.7 Å². The molecule has 0 fully saturated rings. The quantitative estimate of drug-likeness (QED) is 0.413. The highest BCUT2D eigenvalue weighted by Crippen LogP contribution is 2.34. The number of nitrogens with two attached hydrogens (primary N) is 1. The van der Waals surface area contributed by atoms with Crippen LogP contribution in [0.1, 0.15) is 41.3 Å². The smallest absolute Gasteiger partial charge is 0.249 e. The maximum atomic E-state index is 14.6. The van der Waals surface area contributed by atoms with Gasteiger partial charge in [-0.25, -0.2) is 4.39 Å². The van der Waals surface area contributed by atoms with Crippen molar-refractivity contribution in [2.45, 2.75) is 32.7 Å². The fourth-order valence-electron chi connectivity index (χ4n) is 3.94. The molecule has 3 aromatic carbocycles. The van der Waals surface area contributed by atoms with Crippen molar-refractivity contribution in [3.63, 3.8) is 0 Å². The van der Waals surface area contributed by atoms with Crippen LogP contribution in [0.3, 0.4) is 0 Å². The van der Waals surface area contributed by atoms with E-state index in [-0.39, 0.29) is 5.02 Å². The topological polar surface area (TPSA) is 48.0 Å². The average Bonchev–Trinajstić information content (AvgIpc) is 3.03. The SMILES string of the molecule is CCCCc1ccc2c3c(C(N)=O)cccc3n(Cc3cccc(Cl)c3F)c2c1. The number of unbranched alkanes of at least 4 members (excludes halogenated alkanes) is 1. The van der Waals surface area contributed by atoms with Crippen molar-refractivity contribution >= 4 is 39.3 Å². The molecule has 2 N–H and O–H groups in total. The normalized spacial score (nSPS) is 11.4. The fourth-order valence-corrected chi connectivity index (χ4v) is 4.14. The summed E-state index contributed by atoms with van der Waals surface area (Å²) in [7, 11) is 0. The van der Waals surface area contributed by atoms with Gasteiger partial charge in [0.2, 0.25) is 5.91 Å². The first-order valence-electron chi connectivity index (χ1n) is 9.77. The molecule has 3 nitrogen and oxygen atoms in total. The molecule has 0 radical (unpaired) electrons. The lowest BCUT2D eigenvalue weighted by atomic mass is 10.0. The zero-order valence-electron chi connectivity index (χ0n) is 16.2. The van der Waals surface area contributed by atoms with Crippen LogP contribution < -0.4 is 5.73 Å². The number of fused-ring (bicyclic) bond motifs is 3. The van der Waals surface area contributed by atoms with Crippen LogP contribution in [0.5, 0.6) is 0 Å². The van der Waals surface area contributed by atoms with E-state index < -0.39 is 11.7 Å². The van der Waals surface area contributed by atoms with E-state index in [9.17, 15) is 9.18 Å². The second-order valence-corrected chi connectivity index (χ2v) is 7.73. The Kier molecular flexibility index (Phi) is 5.29. The van der Waals surface area contributed by atoms with Gasteiger partial charge in [0.25, 0.3) is 0 Å². The van der Waals surface area contributed by atoms with Crippen molar-refractivity contribution in [3.8, 4) is 0 Å². The van der Waals surface area contributed by atoms with E-state index in [1.165, 1.54) is 5.56 Å². The molecule has 0 aliphatic heterocycles. The van der Waals surface area contributed by atoms with Gasteiger partial charge in [-0.05, 0) is 42.7 Å². The van der Waals surface area contributed by atoms with Crippen LogP contribution in [-0.2, 0) is 13.0 Å². The third-order valence-corrected chi connectivity index (χ3v) is 5.69. The Bertz CT molecular complexity index is 1230. The molecule has 148 valence electrons. The summed E-state index contributed by atoms with van der Waals surface area (Å²) in [5.74, 6) is -0.893. The Balaban J connectivity index is 1.99. The van der Waals surface area contributed by atoms with Crippen molar-refractivity contribution in [2.75, 3.05) is 0 Å². The second-order valence-electron chi connectivity index (χ2n) is 7.32. The van der Waals surface area contributed by atoms with Gasteiger partial charge in [-0.3, -0.25) is 4.79 Å². The highest BCUT2D eigenvalue weighted by atomic mass is 35.5. The summed E-state index contributed by atoms with van der Waals surface area (Å²) in [6.07, 6.45) is 3.18. The summed E-state index contributed by atoms with van der Waals surface area (Å²) in [4.78, 5) is 12.1. The second kappa shape index (κ2) is 7.88. The van der Waals surface area contributed by atoms with Gasteiger partial charge in [0.1, 0.15) is 5.82 Å². The number of rotatable bonds is 6. The van der Waals surface area contributed by atoms with E-state index >= 15 is 0 Å². The summed E-state index contributed by atoms with van der Waals surface area (Å²) < 4.78 is 16.7. The minimum Gasteiger partial charge on any atom is -0.366 e. The minimum atomic E-state index is -0.473. The lowest BCUT2D eigenvalue weighted by Gasteiger charge is -2.10. The molecular weight excluding hydrogens is 387 g/mol. The molecule has 4 rings (SSSR count). The lowest BCUT2D eigenvalue weighted by Crippen LogP contribution is -2.11. The molecule has 0 unspecified atom stereocenters. The van der Waals surface area contributed by atoms with Crippen LogP contribution in [-0.4, -0.2) is 10.5 Å². The third-order valence-electron chi connectivity index (χ3n) is 5.40. The van der Waals surface area contributed by atoms with Crippen LogP contribution in [0.25, 0.3) is 21.8 Å². The molecule has 1 amide bonds. The van der Waals surface area contributed by atoms with Crippen molar-refractivity contribution < 1.29 is 9.18 Å². The van der Waals surface area contributed by atoms with Gasteiger partial charge < -0.3 is 10.3 Å². The maximum absolute atomic E-state index is 14.6. The third kappa shape index (κ3) is 3.49. The molecule has 0 saturated heterocycles. The van der Waals surface area contributed by atoms with Gasteiger partial charge in [0.05, 0.1) is 17.1 Å². The van der Waals surface area contributed by atoms with Gasteiger partial charge in [0.15, 0.2) is 0 Å². The van der Waals surface area contributed by atoms with Gasteiger partial charge in [0, 0.05) is 27.4 Å². The van der Waals surface area contributed by atoms with E-state index in [4.69, 9.17) is 17.3 Å². The number of primary amides is 1. The number of amides is 1. The Morgan fingerprint density at radius 2 is 1.90 bits per heavy atom. The zero-order valence-corrected chi connectivity index (χ0v) is 17.0. The predicted octanol–water partition coefficient (Wildman–Crippen LogP) is 6.08. The monoisotopic (exact) mass is 408 g/mol. The number of carbonyl (C=O) groups is 1. The summed E-state index contributed by atoms with van der Waals surface area (Å²) in [5.41, 5.74) is 9.65. The minimum absolute atomic E-state index is 0.102. The van der Waals surface area contributed by atoms with Crippen LogP contribution in [0.2, 0.25) is 5.02 Å². The van der Waals surface area contributed by atoms with E-state index in [1.807, 2.05) is 22.8 Å². The van der Waals surface area contributed by atoms with E-state index in [2.05, 4.69) is 19.1 Å². The number of aryl methyl sites for hydroxylation is 1. The Morgan fingerprint density at radius 3 is 2.66 bits per heavy atom. The standard InChI is InChI=1S/C24H22ClFN2O/c1-2-3-6-15-11-12-17-21(13-15)28(14-16-7-4-9-19(25)23(16)26)20-10-5-8-18(22(17)20)24(27)29/h4-5,7-13H,2-3,6,14H2,1H3,(H2,27,29). The Labute approximate surface area is 173 Å².